The Kier molecular flexibility index (Phi) is 3.10. The van der Waals surface area contributed by atoms with Gasteiger partial charge >= 0.3 is 0 Å². The molecule has 18 heavy (non-hydrogen) atoms. The fourth-order valence-corrected chi connectivity index (χ4v) is 2.75. The van der Waals surface area contributed by atoms with Crippen LogP contribution in [-0.4, -0.2) is 24.0 Å². The number of hydrogen-bond acceptors (Lipinski definition) is 3. The lowest BCUT2D eigenvalue weighted by Gasteiger charge is -2.29. The zero-order chi connectivity index (χ0) is 12.5. The largest absolute Gasteiger partial charge is 0.461 e. The molecule has 0 aliphatic carbocycles. The Morgan fingerprint density at radius 2 is 2.00 bits per heavy atom. The molecule has 0 unspecified atom stereocenters. The molecule has 96 valence electrons. The van der Waals surface area contributed by atoms with Gasteiger partial charge in [0.1, 0.15) is 11.3 Å². The molecular weight excluding hydrogens is 224 g/mol. The van der Waals surface area contributed by atoms with Gasteiger partial charge in [0.05, 0.1) is 0 Å². The molecule has 0 bridgehead atoms. The van der Waals surface area contributed by atoms with Crippen molar-refractivity contribution in [1.82, 2.24) is 4.90 Å². The number of benzene rings is 1. The predicted molar refractivity (Wildman–Crippen MR) is 73.4 cm³/mol. The normalized spacial score (nSPS) is 18.6. The summed E-state index contributed by atoms with van der Waals surface area (Å²) in [4.78, 5) is 2.48. The Bertz CT molecular complexity index is 538. The number of aryl methyl sites for hydroxylation is 1. The van der Waals surface area contributed by atoms with Crippen LogP contribution in [0.25, 0.3) is 11.0 Å². The Morgan fingerprint density at radius 3 is 2.78 bits per heavy atom. The van der Waals surface area contributed by atoms with Crippen molar-refractivity contribution in [3.63, 3.8) is 0 Å². The molecule has 1 fully saturated rings. The third-order valence-electron chi connectivity index (χ3n) is 3.91. The summed E-state index contributed by atoms with van der Waals surface area (Å²) in [5, 5.41) is 1.25. The van der Waals surface area contributed by atoms with Gasteiger partial charge < -0.3 is 10.2 Å². The van der Waals surface area contributed by atoms with E-state index in [0.29, 0.717) is 6.04 Å². The van der Waals surface area contributed by atoms with E-state index in [-0.39, 0.29) is 0 Å². The van der Waals surface area contributed by atoms with Crippen molar-refractivity contribution in [2.75, 3.05) is 13.1 Å². The molecular formula is C15H20N2O. The van der Waals surface area contributed by atoms with Gasteiger partial charge in [-0.15, -0.1) is 0 Å². The Morgan fingerprint density at radius 1 is 1.28 bits per heavy atom. The highest BCUT2D eigenvalue weighted by molar-refractivity contribution is 5.82. The standard InChI is InChI=1S/C15H20N2O/c1-11-14(10-17-8-6-12(16)7-9-17)13-4-2-3-5-15(13)18-11/h2-5,12H,6-10,16H2,1H3. The van der Waals surface area contributed by atoms with Crippen molar-refractivity contribution in [1.29, 1.82) is 0 Å². The van der Waals surface area contributed by atoms with E-state index in [2.05, 4.69) is 24.0 Å². The predicted octanol–water partition coefficient (Wildman–Crippen LogP) is 2.66. The average molecular weight is 244 g/mol. The van der Waals surface area contributed by atoms with Gasteiger partial charge in [0.2, 0.25) is 0 Å². The molecule has 1 aliphatic heterocycles. The van der Waals surface area contributed by atoms with E-state index < -0.39 is 0 Å². The molecule has 0 spiro atoms. The van der Waals surface area contributed by atoms with Crippen LogP contribution in [0.4, 0.5) is 0 Å². The first-order valence-electron chi connectivity index (χ1n) is 6.69. The van der Waals surface area contributed by atoms with Gasteiger partial charge in [-0.1, -0.05) is 18.2 Å². The molecule has 2 aromatic rings. The summed E-state index contributed by atoms with van der Waals surface area (Å²) in [6, 6.07) is 8.68. The van der Waals surface area contributed by atoms with Gasteiger partial charge in [-0.25, -0.2) is 0 Å². The minimum Gasteiger partial charge on any atom is -0.461 e. The third-order valence-corrected chi connectivity index (χ3v) is 3.91. The summed E-state index contributed by atoms with van der Waals surface area (Å²) in [5.74, 6) is 1.05. The second-order valence-corrected chi connectivity index (χ2v) is 5.25. The molecule has 1 aliphatic rings. The van der Waals surface area contributed by atoms with Crippen LogP contribution in [0.15, 0.2) is 28.7 Å². The maximum Gasteiger partial charge on any atom is 0.134 e. The number of para-hydroxylation sites is 1. The van der Waals surface area contributed by atoms with E-state index in [9.17, 15) is 0 Å². The number of piperidine rings is 1. The molecule has 0 saturated carbocycles. The van der Waals surface area contributed by atoms with Gasteiger partial charge in [-0.05, 0) is 38.9 Å². The number of nitrogens with zero attached hydrogens (tertiary/aromatic N) is 1. The minimum atomic E-state index is 0.392. The first kappa shape index (κ1) is 11.8. The maximum absolute atomic E-state index is 5.95. The lowest BCUT2D eigenvalue weighted by Crippen LogP contribution is -2.39. The number of likely N-dealkylation sites (tertiary alicyclic amines) is 1. The summed E-state index contributed by atoms with van der Waals surface area (Å²) >= 11 is 0. The maximum atomic E-state index is 5.95. The SMILES string of the molecule is Cc1oc2ccccc2c1CN1CCC(N)CC1. The Hall–Kier alpha value is -1.32. The molecule has 0 radical (unpaired) electrons. The van der Waals surface area contributed by atoms with Gasteiger partial charge in [0.15, 0.2) is 0 Å². The van der Waals surface area contributed by atoms with Crippen LogP contribution in [-0.2, 0) is 6.54 Å². The highest BCUT2D eigenvalue weighted by Crippen LogP contribution is 2.27. The summed E-state index contributed by atoms with van der Waals surface area (Å²) in [7, 11) is 0. The van der Waals surface area contributed by atoms with Crippen molar-refractivity contribution < 1.29 is 4.42 Å². The van der Waals surface area contributed by atoms with Crippen LogP contribution >= 0.6 is 0 Å². The highest BCUT2D eigenvalue weighted by Gasteiger charge is 2.19. The quantitative estimate of drug-likeness (QED) is 0.883. The monoisotopic (exact) mass is 244 g/mol. The summed E-state index contributed by atoms with van der Waals surface area (Å²) in [5.41, 5.74) is 8.28. The second-order valence-electron chi connectivity index (χ2n) is 5.25. The van der Waals surface area contributed by atoms with Crippen LogP contribution in [0.3, 0.4) is 0 Å². The second kappa shape index (κ2) is 4.75. The molecule has 0 atom stereocenters. The lowest BCUT2D eigenvalue weighted by atomic mass is 10.0. The van der Waals surface area contributed by atoms with Crippen molar-refractivity contribution in [2.45, 2.75) is 32.4 Å². The molecule has 3 heteroatoms. The van der Waals surface area contributed by atoms with Gasteiger partial charge in [-0.2, -0.15) is 0 Å². The zero-order valence-electron chi connectivity index (χ0n) is 10.9. The smallest absolute Gasteiger partial charge is 0.134 e. The summed E-state index contributed by atoms with van der Waals surface area (Å²) < 4.78 is 5.81. The van der Waals surface area contributed by atoms with Crippen molar-refractivity contribution in [3.05, 3.63) is 35.6 Å². The van der Waals surface area contributed by atoms with Crippen molar-refractivity contribution >= 4 is 11.0 Å². The molecule has 2 heterocycles. The van der Waals surface area contributed by atoms with E-state index in [1.54, 1.807) is 0 Å². The number of fused-ring (bicyclic) bond motifs is 1. The zero-order valence-corrected chi connectivity index (χ0v) is 10.9. The molecule has 1 aromatic carbocycles. The first-order chi connectivity index (χ1) is 8.74. The number of furan rings is 1. The van der Waals surface area contributed by atoms with Crippen molar-refractivity contribution in [2.24, 2.45) is 5.73 Å². The number of nitrogens with two attached hydrogens (primary N) is 1. The van der Waals surface area contributed by atoms with E-state index in [1.165, 1.54) is 10.9 Å². The molecule has 3 nitrogen and oxygen atoms in total. The third kappa shape index (κ3) is 2.16. The van der Waals surface area contributed by atoms with E-state index in [1.807, 2.05) is 12.1 Å². The molecule has 2 N–H and O–H groups in total. The van der Waals surface area contributed by atoms with Crippen LogP contribution in [0.2, 0.25) is 0 Å². The fraction of sp³-hybridized carbons (Fsp3) is 0.467. The van der Waals surface area contributed by atoms with Gasteiger partial charge in [0.25, 0.3) is 0 Å². The number of rotatable bonds is 2. The number of hydrogen-bond donors (Lipinski definition) is 1. The van der Waals surface area contributed by atoms with Gasteiger partial charge in [0, 0.05) is 23.5 Å². The summed E-state index contributed by atoms with van der Waals surface area (Å²) in [6.07, 6.45) is 2.21. The molecule has 0 amide bonds. The van der Waals surface area contributed by atoms with E-state index in [0.717, 1.165) is 43.8 Å². The van der Waals surface area contributed by atoms with Crippen molar-refractivity contribution in [3.8, 4) is 0 Å². The van der Waals surface area contributed by atoms with Crippen LogP contribution in [0, 0.1) is 6.92 Å². The van der Waals surface area contributed by atoms with Crippen LogP contribution in [0.5, 0.6) is 0 Å². The van der Waals surface area contributed by atoms with E-state index >= 15 is 0 Å². The van der Waals surface area contributed by atoms with E-state index in [4.69, 9.17) is 10.2 Å². The van der Waals surface area contributed by atoms with Gasteiger partial charge in [-0.3, -0.25) is 4.90 Å². The molecule has 1 aromatic heterocycles. The summed E-state index contributed by atoms with van der Waals surface area (Å²) in [6.45, 7) is 5.24. The Labute approximate surface area is 108 Å². The van der Waals surface area contributed by atoms with Crippen LogP contribution in [0.1, 0.15) is 24.2 Å². The lowest BCUT2D eigenvalue weighted by molar-refractivity contribution is 0.205. The molecule has 1 saturated heterocycles. The molecule has 3 rings (SSSR count). The topological polar surface area (TPSA) is 42.4 Å². The van der Waals surface area contributed by atoms with Crippen LogP contribution < -0.4 is 5.73 Å². The minimum absolute atomic E-state index is 0.392. The first-order valence-corrected chi connectivity index (χ1v) is 6.69. The average Bonchev–Trinajstić information content (AvgIpc) is 2.69. The Balaban J connectivity index is 1.84. The highest BCUT2D eigenvalue weighted by atomic mass is 16.3. The fourth-order valence-electron chi connectivity index (χ4n) is 2.75.